The molecule has 1 aliphatic rings. The number of aromatic nitrogens is 3. The van der Waals surface area contributed by atoms with Crippen LogP contribution in [-0.4, -0.2) is 52.7 Å². The number of anilines is 2. The summed E-state index contributed by atoms with van der Waals surface area (Å²) in [6, 6.07) is 3.16. The fraction of sp³-hybridized carbons (Fsp3) is 0.250. The highest BCUT2D eigenvalue weighted by molar-refractivity contribution is 6.02. The molecule has 1 atom stereocenters. The van der Waals surface area contributed by atoms with Crippen molar-refractivity contribution in [3.63, 3.8) is 0 Å². The predicted molar refractivity (Wildman–Crippen MR) is 90.1 cm³/mol. The Morgan fingerprint density at radius 3 is 2.37 bits per heavy atom. The number of benzene rings is 1. The third-order valence-corrected chi connectivity index (χ3v) is 3.84. The maximum absolute atomic E-state index is 12.4. The highest BCUT2D eigenvalue weighted by Gasteiger charge is 2.33. The van der Waals surface area contributed by atoms with E-state index in [9.17, 15) is 19.2 Å². The molecule has 0 spiro atoms. The summed E-state index contributed by atoms with van der Waals surface area (Å²) in [5.41, 5.74) is 0.307. The summed E-state index contributed by atoms with van der Waals surface area (Å²) in [6.45, 7) is 0. The van der Waals surface area contributed by atoms with Crippen molar-refractivity contribution in [1.82, 2.24) is 14.8 Å². The normalized spacial score (nSPS) is 14.9. The second-order valence-corrected chi connectivity index (χ2v) is 5.57. The number of rotatable bonds is 5. The fourth-order valence-electron chi connectivity index (χ4n) is 2.61. The lowest BCUT2D eigenvalue weighted by Crippen LogP contribution is -2.23. The number of carbonyl (C=O) groups excluding carboxylic acids is 4. The second kappa shape index (κ2) is 7.23. The smallest absolute Gasteiger partial charge is 0.337 e. The quantitative estimate of drug-likeness (QED) is 0.716. The molecule has 0 radical (unpaired) electrons. The number of nitrogens with zero attached hydrogens (tertiary/aromatic N) is 3. The lowest BCUT2D eigenvalue weighted by molar-refractivity contribution is -0.123. The van der Waals surface area contributed by atoms with Crippen LogP contribution in [0, 0.1) is 0 Å². The molecule has 1 aromatic carbocycles. The molecule has 2 heterocycles. The topological polar surface area (TPSA) is 142 Å². The van der Waals surface area contributed by atoms with E-state index in [0.717, 1.165) is 0 Å². The van der Waals surface area contributed by atoms with E-state index in [4.69, 9.17) is 0 Å². The van der Waals surface area contributed by atoms with Gasteiger partial charge in [0.05, 0.1) is 31.8 Å². The van der Waals surface area contributed by atoms with Gasteiger partial charge in [0.15, 0.2) is 0 Å². The molecule has 0 fully saturated rings. The SMILES string of the molecule is COC(=O)c1cc(NC(=O)C[C@@H]2C(=O)Nc3ncnn32)cc(C(=O)OC)c1. The average Bonchev–Trinajstić information content (AvgIpc) is 3.22. The van der Waals surface area contributed by atoms with Gasteiger partial charge in [-0.2, -0.15) is 10.1 Å². The van der Waals surface area contributed by atoms with Gasteiger partial charge in [-0.1, -0.05) is 0 Å². The Labute approximate surface area is 152 Å². The van der Waals surface area contributed by atoms with Crippen LogP contribution in [0.1, 0.15) is 33.2 Å². The van der Waals surface area contributed by atoms with Crippen molar-refractivity contribution in [2.75, 3.05) is 24.9 Å². The van der Waals surface area contributed by atoms with E-state index in [2.05, 4.69) is 30.2 Å². The molecule has 27 heavy (non-hydrogen) atoms. The van der Waals surface area contributed by atoms with Crippen LogP contribution in [0.5, 0.6) is 0 Å². The molecule has 0 aliphatic carbocycles. The molecule has 0 bridgehead atoms. The highest BCUT2D eigenvalue weighted by Crippen LogP contribution is 2.24. The van der Waals surface area contributed by atoms with Crippen molar-refractivity contribution < 1.29 is 28.7 Å². The average molecular weight is 373 g/mol. The number of hydrogen-bond donors (Lipinski definition) is 2. The Morgan fingerprint density at radius 2 is 1.78 bits per heavy atom. The molecular formula is C16H15N5O6. The maximum Gasteiger partial charge on any atom is 0.337 e. The van der Waals surface area contributed by atoms with Gasteiger partial charge in [-0.25, -0.2) is 14.3 Å². The summed E-state index contributed by atoms with van der Waals surface area (Å²) >= 11 is 0. The number of nitrogens with one attached hydrogen (secondary N) is 2. The molecule has 0 saturated heterocycles. The van der Waals surface area contributed by atoms with Gasteiger partial charge < -0.3 is 14.8 Å². The molecular weight excluding hydrogens is 358 g/mol. The van der Waals surface area contributed by atoms with Crippen LogP contribution in [0.3, 0.4) is 0 Å². The van der Waals surface area contributed by atoms with Gasteiger partial charge in [-0.05, 0) is 18.2 Å². The number of fused-ring (bicyclic) bond motifs is 1. The molecule has 11 nitrogen and oxygen atoms in total. The molecule has 11 heteroatoms. The monoisotopic (exact) mass is 373 g/mol. The minimum Gasteiger partial charge on any atom is -0.465 e. The molecule has 0 saturated carbocycles. The predicted octanol–water partition coefficient (Wildman–Crippen LogP) is 0.373. The summed E-state index contributed by atoms with van der Waals surface area (Å²) in [7, 11) is 2.39. The molecule has 0 unspecified atom stereocenters. The first-order valence-corrected chi connectivity index (χ1v) is 7.75. The van der Waals surface area contributed by atoms with Crippen LogP contribution >= 0.6 is 0 Å². The van der Waals surface area contributed by atoms with Gasteiger partial charge in [-0.3, -0.25) is 14.9 Å². The van der Waals surface area contributed by atoms with E-state index in [1.54, 1.807) is 0 Å². The third kappa shape index (κ3) is 3.61. The molecule has 2 aromatic rings. The Hall–Kier alpha value is -3.76. The number of esters is 2. The van der Waals surface area contributed by atoms with Crippen molar-refractivity contribution in [1.29, 1.82) is 0 Å². The van der Waals surface area contributed by atoms with Gasteiger partial charge in [0.25, 0.3) is 5.91 Å². The highest BCUT2D eigenvalue weighted by atomic mass is 16.5. The van der Waals surface area contributed by atoms with Gasteiger partial charge in [0.2, 0.25) is 11.9 Å². The summed E-state index contributed by atoms with van der Waals surface area (Å²) < 4.78 is 10.6. The molecule has 1 aromatic heterocycles. The summed E-state index contributed by atoms with van der Waals surface area (Å²) in [6.07, 6.45) is 1.06. The van der Waals surface area contributed by atoms with E-state index in [1.165, 1.54) is 43.4 Å². The lowest BCUT2D eigenvalue weighted by atomic mass is 10.1. The van der Waals surface area contributed by atoms with Crippen LogP contribution < -0.4 is 10.6 Å². The molecule has 2 amide bonds. The van der Waals surface area contributed by atoms with Gasteiger partial charge in [0, 0.05) is 5.69 Å². The van der Waals surface area contributed by atoms with Gasteiger partial charge in [0.1, 0.15) is 12.4 Å². The number of carbonyl (C=O) groups is 4. The van der Waals surface area contributed by atoms with Crippen molar-refractivity contribution in [3.05, 3.63) is 35.7 Å². The van der Waals surface area contributed by atoms with Crippen LogP contribution in [0.2, 0.25) is 0 Å². The number of ether oxygens (including phenoxy) is 2. The number of methoxy groups -OCH3 is 2. The Kier molecular flexibility index (Phi) is 4.83. The largest absolute Gasteiger partial charge is 0.465 e. The third-order valence-electron chi connectivity index (χ3n) is 3.84. The number of amides is 2. The van der Waals surface area contributed by atoms with E-state index < -0.39 is 29.8 Å². The number of hydrogen-bond acceptors (Lipinski definition) is 8. The lowest BCUT2D eigenvalue weighted by Gasteiger charge is -2.11. The summed E-state index contributed by atoms with van der Waals surface area (Å²) in [5.74, 6) is -2.02. The molecule has 1 aliphatic heterocycles. The van der Waals surface area contributed by atoms with E-state index in [1.807, 2.05) is 0 Å². The molecule has 3 rings (SSSR count). The molecule has 2 N–H and O–H groups in total. The van der Waals surface area contributed by atoms with Crippen molar-refractivity contribution in [3.8, 4) is 0 Å². The standard InChI is InChI=1S/C16H15N5O6/c1-26-14(24)8-3-9(15(25)27-2)5-10(4-8)19-12(22)6-11-13(23)20-16-17-7-18-21(11)16/h3-5,7,11H,6H2,1-2H3,(H,19,22)(H,17,18,20,23)/t11-/m1/s1. The zero-order valence-corrected chi connectivity index (χ0v) is 14.4. The summed E-state index contributed by atoms with van der Waals surface area (Å²) in [5, 5.41) is 8.97. The van der Waals surface area contributed by atoms with E-state index in [0.29, 0.717) is 0 Å². The minimum absolute atomic E-state index is 0.0628. The van der Waals surface area contributed by atoms with Gasteiger partial charge in [-0.15, -0.1) is 0 Å². The fourth-order valence-corrected chi connectivity index (χ4v) is 2.61. The van der Waals surface area contributed by atoms with Crippen LogP contribution in [0.25, 0.3) is 0 Å². The van der Waals surface area contributed by atoms with Crippen LogP contribution in [0.15, 0.2) is 24.5 Å². The zero-order chi connectivity index (χ0) is 19.6. The van der Waals surface area contributed by atoms with E-state index >= 15 is 0 Å². The Morgan fingerprint density at radius 1 is 1.15 bits per heavy atom. The Balaban J connectivity index is 1.80. The van der Waals surface area contributed by atoms with E-state index in [-0.39, 0.29) is 29.2 Å². The minimum atomic E-state index is -0.841. The Bertz CT molecular complexity index is 903. The van der Waals surface area contributed by atoms with Crippen molar-refractivity contribution in [2.24, 2.45) is 0 Å². The first-order chi connectivity index (χ1) is 12.9. The maximum atomic E-state index is 12.4. The first-order valence-electron chi connectivity index (χ1n) is 7.75. The van der Waals surface area contributed by atoms with Crippen molar-refractivity contribution >= 4 is 35.4 Å². The van der Waals surface area contributed by atoms with Crippen LogP contribution in [0.4, 0.5) is 11.6 Å². The molecule has 140 valence electrons. The zero-order valence-electron chi connectivity index (χ0n) is 14.4. The van der Waals surface area contributed by atoms with Crippen LogP contribution in [-0.2, 0) is 19.1 Å². The van der Waals surface area contributed by atoms with Crippen molar-refractivity contribution in [2.45, 2.75) is 12.5 Å². The first kappa shape index (κ1) is 18.0. The second-order valence-electron chi connectivity index (χ2n) is 5.57. The summed E-state index contributed by atoms with van der Waals surface area (Å²) in [4.78, 5) is 51.7. The van der Waals surface area contributed by atoms with Gasteiger partial charge >= 0.3 is 11.9 Å².